The minimum absolute atomic E-state index is 0.245. The Morgan fingerprint density at radius 2 is 1.95 bits per heavy atom. The summed E-state index contributed by atoms with van der Waals surface area (Å²) in [7, 11) is 0. The van der Waals surface area contributed by atoms with Crippen LogP contribution in [0.5, 0.6) is 0 Å². The number of nitriles is 1. The van der Waals surface area contributed by atoms with E-state index in [0.717, 1.165) is 6.07 Å². The zero-order chi connectivity index (χ0) is 16.1. The van der Waals surface area contributed by atoms with Gasteiger partial charge in [0, 0.05) is 6.07 Å². The van der Waals surface area contributed by atoms with Gasteiger partial charge in [-0.15, -0.1) is 0 Å². The minimum Gasteiger partial charge on any atom is -0.330 e. The first-order valence-electron chi connectivity index (χ1n) is 7.31. The van der Waals surface area contributed by atoms with Crippen LogP contribution in [0.15, 0.2) is 18.2 Å². The number of carbonyl (C=O) groups is 1. The molecule has 0 saturated carbocycles. The summed E-state index contributed by atoms with van der Waals surface area (Å²) in [5.74, 6) is -1.59. The predicted molar refractivity (Wildman–Crippen MR) is 75.3 cm³/mol. The van der Waals surface area contributed by atoms with Crippen LogP contribution in [-0.4, -0.2) is 22.9 Å². The van der Waals surface area contributed by atoms with Crippen molar-refractivity contribution in [2.45, 2.75) is 44.3 Å². The van der Waals surface area contributed by atoms with Gasteiger partial charge in [-0.25, -0.2) is 8.78 Å². The fourth-order valence-electron chi connectivity index (χ4n) is 3.83. The van der Waals surface area contributed by atoms with Gasteiger partial charge in [0.15, 0.2) is 0 Å². The monoisotopic (exact) mass is 305 g/mol. The van der Waals surface area contributed by atoms with E-state index in [9.17, 15) is 18.8 Å². The Kier molecular flexibility index (Phi) is 3.41. The molecule has 2 fully saturated rings. The van der Waals surface area contributed by atoms with Gasteiger partial charge in [-0.05, 0) is 43.9 Å². The molecule has 1 unspecified atom stereocenters. The maximum Gasteiger partial charge on any atom is 0.240 e. The third kappa shape index (κ3) is 2.17. The van der Waals surface area contributed by atoms with Crippen LogP contribution >= 0.6 is 0 Å². The lowest BCUT2D eigenvalue weighted by atomic mass is 9.74. The van der Waals surface area contributed by atoms with E-state index < -0.39 is 29.1 Å². The molecule has 2 heterocycles. The number of piperidine rings is 1. The van der Waals surface area contributed by atoms with Crippen LogP contribution in [0.4, 0.5) is 8.78 Å². The lowest BCUT2D eigenvalue weighted by molar-refractivity contribution is -0.142. The largest absolute Gasteiger partial charge is 0.330 e. The second kappa shape index (κ2) is 5.03. The zero-order valence-electron chi connectivity index (χ0n) is 12.2. The number of carbonyl (C=O) groups excluding carboxylic acids is 1. The topological polar surface area (TPSA) is 70.1 Å². The van der Waals surface area contributed by atoms with Gasteiger partial charge < -0.3 is 10.6 Å². The SMILES string of the molecule is CC1(C#N)C[C@@H](N)C(=O)N2[C@H](c3cc(F)cc(F)c3)CC[C@@H]21. The molecule has 0 aromatic heterocycles. The smallest absolute Gasteiger partial charge is 0.240 e. The molecule has 0 bridgehead atoms. The zero-order valence-corrected chi connectivity index (χ0v) is 12.2. The summed E-state index contributed by atoms with van der Waals surface area (Å²) >= 11 is 0. The number of amides is 1. The van der Waals surface area contributed by atoms with E-state index in [1.165, 1.54) is 12.1 Å². The Labute approximate surface area is 127 Å². The number of fused-ring (bicyclic) bond motifs is 1. The molecule has 116 valence electrons. The minimum atomic E-state index is -0.750. The molecule has 1 aromatic rings. The number of halogens is 2. The molecule has 3 rings (SSSR count). The standard InChI is InChI=1S/C16H17F2N3O/c1-16(8-19)7-12(20)15(22)21-13(2-3-14(16)21)9-4-10(17)6-11(18)5-9/h4-6,12-14H,2-3,7,20H2,1H3/t12-,13+,14-,16?/m1/s1. The summed E-state index contributed by atoms with van der Waals surface area (Å²) in [6.45, 7) is 1.80. The quantitative estimate of drug-likeness (QED) is 0.865. The highest BCUT2D eigenvalue weighted by Crippen LogP contribution is 2.48. The Hall–Kier alpha value is -2.00. The van der Waals surface area contributed by atoms with Crippen molar-refractivity contribution in [3.8, 4) is 6.07 Å². The van der Waals surface area contributed by atoms with Gasteiger partial charge in [0.25, 0.3) is 0 Å². The normalized spacial score (nSPS) is 34.4. The van der Waals surface area contributed by atoms with E-state index in [1.54, 1.807) is 11.8 Å². The van der Waals surface area contributed by atoms with Crippen molar-refractivity contribution in [2.75, 3.05) is 0 Å². The summed E-state index contributed by atoms with van der Waals surface area (Å²) in [6.07, 6.45) is 1.52. The maximum atomic E-state index is 13.5. The second-order valence-electron chi connectivity index (χ2n) is 6.40. The molecular formula is C16H17F2N3O. The van der Waals surface area contributed by atoms with Crippen LogP contribution in [0.25, 0.3) is 0 Å². The number of nitrogens with zero attached hydrogens (tertiary/aromatic N) is 2. The van der Waals surface area contributed by atoms with Gasteiger partial charge in [-0.1, -0.05) is 0 Å². The first-order valence-corrected chi connectivity index (χ1v) is 7.31. The summed E-state index contributed by atoms with van der Waals surface area (Å²) in [5, 5.41) is 9.48. The Bertz CT molecular complexity index is 652. The van der Waals surface area contributed by atoms with Crippen LogP contribution in [0.1, 0.15) is 37.8 Å². The lowest BCUT2D eigenvalue weighted by Gasteiger charge is -2.45. The van der Waals surface area contributed by atoms with Crippen molar-refractivity contribution < 1.29 is 13.6 Å². The van der Waals surface area contributed by atoms with Crippen molar-refractivity contribution in [1.29, 1.82) is 5.26 Å². The van der Waals surface area contributed by atoms with Crippen LogP contribution in [-0.2, 0) is 4.79 Å². The third-order valence-corrected chi connectivity index (χ3v) is 4.86. The highest BCUT2D eigenvalue weighted by molar-refractivity contribution is 5.84. The molecule has 1 aromatic carbocycles. The van der Waals surface area contributed by atoms with Crippen molar-refractivity contribution in [3.63, 3.8) is 0 Å². The van der Waals surface area contributed by atoms with E-state index in [0.29, 0.717) is 24.8 Å². The number of rotatable bonds is 1. The Balaban J connectivity index is 2.02. The summed E-state index contributed by atoms with van der Waals surface area (Å²) in [4.78, 5) is 14.0. The van der Waals surface area contributed by atoms with Crippen LogP contribution in [0, 0.1) is 28.4 Å². The Morgan fingerprint density at radius 3 is 2.55 bits per heavy atom. The van der Waals surface area contributed by atoms with Crippen LogP contribution < -0.4 is 5.73 Å². The van der Waals surface area contributed by atoms with Gasteiger partial charge in [-0.2, -0.15) is 5.26 Å². The Morgan fingerprint density at radius 1 is 1.32 bits per heavy atom. The van der Waals surface area contributed by atoms with Gasteiger partial charge in [-0.3, -0.25) is 4.79 Å². The van der Waals surface area contributed by atoms with Crippen molar-refractivity contribution in [2.24, 2.45) is 11.1 Å². The van der Waals surface area contributed by atoms with Gasteiger partial charge >= 0.3 is 0 Å². The first kappa shape index (κ1) is 14.9. The predicted octanol–water partition coefficient (Wildman–Crippen LogP) is 2.26. The third-order valence-electron chi connectivity index (χ3n) is 4.86. The van der Waals surface area contributed by atoms with E-state index in [4.69, 9.17) is 5.73 Å². The van der Waals surface area contributed by atoms with Crippen LogP contribution in [0.3, 0.4) is 0 Å². The molecular weight excluding hydrogens is 288 g/mol. The van der Waals surface area contributed by atoms with E-state index in [1.807, 2.05) is 0 Å². The number of hydrogen-bond donors (Lipinski definition) is 1. The van der Waals surface area contributed by atoms with E-state index in [-0.39, 0.29) is 11.9 Å². The van der Waals surface area contributed by atoms with Crippen molar-refractivity contribution >= 4 is 5.91 Å². The lowest BCUT2D eigenvalue weighted by Crippen LogP contribution is -2.58. The highest BCUT2D eigenvalue weighted by Gasteiger charge is 2.53. The summed E-state index contributed by atoms with van der Waals surface area (Å²) in [6, 6.07) is 4.12. The molecule has 6 heteroatoms. The second-order valence-corrected chi connectivity index (χ2v) is 6.40. The first-order chi connectivity index (χ1) is 10.4. The molecule has 2 aliphatic heterocycles. The molecule has 2 N–H and O–H groups in total. The summed E-state index contributed by atoms with van der Waals surface area (Å²) < 4.78 is 27.0. The van der Waals surface area contributed by atoms with Crippen LogP contribution in [0.2, 0.25) is 0 Å². The summed E-state index contributed by atoms with van der Waals surface area (Å²) in [5.41, 5.74) is 5.59. The fourth-order valence-corrected chi connectivity index (χ4v) is 3.83. The van der Waals surface area contributed by atoms with E-state index in [2.05, 4.69) is 6.07 Å². The van der Waals surface area contributed by atoms with Crippen molar-refractivity contribution in [1.82, 2.24) is 4.90 Å². The average molecular weight is 305 g/mol. The molecule has 4 nitrogen and oxygen atoms in total. The number of benzene rings is 1. The number of hydrogen-bond acceptors (Lipinski definition) is 3. The maximum absolute atomic E-state index is 13.5. The van der Waals surface area contributed by atoms with Crippen molar-refractivity contribution in [3.05, 3.63) is 35.4 Å². The van der Waals surface area contributed by atoms with Gasteiger partial charge in [0.1, 0.15) is 11.6 Å². The molecule has 4 atom stereocenters. The molecule has 2 saturated heterocycles. The molecule has 0 aliphatic carbocycles. The molecule has 0 radical (unpaired) electrons. The molecule has 0 spiro atoms. The fraction of sp³-hybridized carbons (Fsp3) is 0.500. The molecule has 1 amide bonds. The van der Waals surface area contributed by atoms with Gasteiger partial charge in [0.2, 0.25) is 5.91 Å². The molecule has 22 heavy (non-hydrogen) atoms. The van der Waals surface area contributed by atoms with E-state index >= 15 is 0 Å². The average Bonchev–Trinajstić information content (AvgIpc) is 2.90. The highest BCUT2D eigenvalue weighted by atomic mass is 19.1. The number of nitrogens with two attached hydrogens (primary N) is 1. The molecule has 2 aliphatic rings. The van der Waals surface area contributed by atoms with Gasteiger partial charge in [0.05, 0.1) is 29.6 Å².